The number of nitrogen functional groups attached to an aromatic ring is 1. The Balaban J connectivity index is 2.04. The van der Waals surface area contributed by atoms with Crippen LogP contribution in [-0.2, 0) is 4.74 Å². The molecule has 0 aliphatic carbocycles. The summed E-state index contributed by atoms with van der Waals surface area (Å²) in [4.78, 5) is 8.36. The number of ether oxygens (including phenoxy) is 2. The van der Waals surface area contributed by atoms with E-state index in [1.807, 2.05) is 18.2 Å². The number of nitrogens with two attached hydrogens (primary N) is 1. The second-order valence-electron chi connectivity index (χ2n) is 4.97. The Labute approximate surface area is 132 Å². The summed E-state index contributed by atoms with van der Waals surface area (Å²) >= 11 is 0. The normalized spacial score (nSPS) is 10.9. The molecule has 0 saturated heterocycles. The number of hydrogen-bond acceptors (Lipinski definition) is 5. The van der Waals surface area contributed by atoms with E-state index in [2.05, 4.69) is 9.97 Å². The first-order valence-electron chi connectivity index (χ1n) is 7.12. The first-order valence-corrected chi connectivity index (χ1v) is 7.12. The van der Waals surface area contributed by atoms with Crippen LogP contribution in [0.15, 0.2) is 42.5 Å². The summed E-state index contributed by atoms with van der Waals surface area (Å²) in [5.41, 5.74) is 8.23. The molecule has 1 aromatic heterocycles. The average Bonchev–Trinajstić information content (AvgIpc) is 2.55. The van der Waals surface area contributed by atoms with E-state index in [4.69, 9.17) is 15.2 Å². The quantitative estimate of drug-likeness (QED) is 0.733. The Kier molecular flexibility index (Phi) is 4.34. The van der Waals surface area contributed by atoms with E-state index < -0.39 is 0 Å². The van der Waals surface area contributed by atoms with E-state index in [9.17, 15) is 4.39 Å². The number of aromatic nitrogens is 2. The van der Waals surface area contributed by atoms with E-state index in [-0.39, 0.29) is 11.8 Å². The van der Waals surface area contributed by atoms with Crippen molar-refractivity contribution in [2.24, 2.45) is 0 Å². The van der Waals surface area contributed by atoms with Crippen molar-refractivity contribution in [1.82, 2.24) is 9.97 Å². The molecule has 2 aromatic carbocycles. The van der Waals surface area contributed by atoms with Crippen LogP contribution in [0.5, 0.6) is 5.88 Å². The van der Waals surface area contributed by atoms with E-state index >= 15 is 0 Å². The molecule has 0 atom stereocenters. The molecule has 3 rings (SSSR count). The van der Waals surface area contributed by atoms with Gasteiger partial charge in [0.2, 0.25) is 11.8 Å². The number of rotatable bonds is 5. The minimum absolute atomic E-state index is 0.152. The van der Waals surface area contributed by atoms with Gasteiger partial charge in [0.05, 0.1) is 17.5 Å². The Morgan fingerprint density at radius 1 is 1.00 bits per heavy atom. The van der Waals surface area contributed by atoms with E-state index in [1.165, 1.54) is 12.1 Å². The van der Waals surface area contributed by atoms with Gasteiger partial charge in [-0.1, -0.05) is 18.2 Å². The molecule has 0 aliphatic rings. The maximum Gasteiger partial charge on any atom is 0.226 e. The standard InChI is InChI=1S/C17H16FN3O2/c1-22-8-9-23-16-14-10-12(11-2-5-13(18)6-3-11)4-7-15(14)20-17(19)21-16/h2-7,10H,8-9H2,1H3,(H2,19,20,21). The van der Waals surface area contributed by atoms with Crippen LogP contribution in [-0.4, -0.2) is 30.3 Å². The van der Waals surface area contributed by atoms with Crippen molar-refractivity contribution in [3.63, 3.8) is 0 Å². The number of methoxy groups -OCH3 is 1. The average molecular weight is 313 g/mol. The van der Waals surface area contributed by atoms with Crippen LogP contribution in [0.4, 0.5) is 10.3 Å². The zero-order chi connectivity index (χ0) is 16.2. The van der Waals surface area contributed by atoms with Gasteiger partial charge in [-0.3, -0.25) is 0 Å². The second-order valence-corrected chi connectivity index (χ2v) is 4.97. The van der Waals surface area contributed by atoms with Gasteiger partial charge in [0.25, 0.3) is 0 Å². The number of nitrogens with zero attached hydrogens (tertiary/aromatic N) is 2. The first-order chi connectivity index (χ1) is 11.2. The lowest BCUT2D eigenvalue weighted by molar-refractivity contribution is 0.144. The molecule has 0 bridgehead atoms. The fourth-order valence-corrected chi connectivity index (χ4v) is 2.27. The maximum absolute atomic E-state index is 13.1. The molecule has 0 radical (unpaired) electrons. The predicted octanol–water partition coefficient (Wildman–Crippen LogP) is 3.04. The molecule has 5 nitrogen and oxygen atoms in total. The summed E-state index contributed by atoms with van der Waals surface area (Å²) in [5, 5.41) is 0.747. The Hall–Kier alpha value is -2.73. The zero-order valence-corrected chi connectivity index (χ0v) is 12.6. The van der Waals surface area contributed by atoms with E-state index in [0.717, 1.165) is 16.5 Å². The first kappa shape index (κ1) is 15.2. The molecule has 23 heavy (non-hydrogen) atoms. The second kappa shape index (κ2) is 6.58. The highest BCUT2D eigenvalue weighted by molar-refractivity contribution is 5.89. The van der Waals surface area contributed by atoms with Crippen molar-refractivity contribution < 1.29 is 13.9 Å². The number of benzene rings is 2. The zero-order valence-electron chi connectivity index (χ0n) is 12.6. The van der Waals surface area contributed by atoms with Gasteiger partial charge in [0, 0.05) is 7.11 Å². The molecule has 1 heterocycles. The van der Waals surface area contributed by atoms with Crippen LogP contribution < -0.4 is 10.5 Å². The minimum Gasteiger partial charge on any atom is -0.475 e. The summed E-state index contributed by atoms with van der Waals surface area (Å²) in [5.74, 6) is 0.294. The van der Waals surface area contributed by atoms with Gasteiger partial charge >= 0.3 is 0 Å². The molecule has 0 aliphatic heterocycles. The van der Waals surface area contributed by atoms with Gasteiger partial charge < -0.3 is 15.2 Å². The number of anilines is 1. The third-order valence-corrected chi connectivity index (χ3v) is 3.38. The molecule has 0 amide bonds. The van der Waals surface area contributed by atoms with Gasteiger partial charge in [-0.15, -0.1) is 0 Å². The fourth-order valence-electron chi connectivity index (χ4n) is 2.27. The number of fused-ring (bicyclic) bond motifs is 1. The largest absolute Gasteiger partial charge is 0.475 e. The minimum atomic E-state index is -0.269. The van der Waals surface area contributed by atoms with E-state index in [1.54, 1.807) is 19.2 Å². The third-order valence-electron chi connectivity index (χ3n) is 3.38. The summed E-state index contributed by atoms with van der Waals surface area (Å²) < 4.78 is 23.7. The molecular weight excluding hydrogens is 297 g/mol. The van der Waals surface area contributed by atoms with Crippen LogP contribution in [0.1, 0.15) is 0 Å². The van der Waals surface area contributed by atoms with Gasteiger partial charge in [0.1, 0.15) is 12.4 Å². The highest BCUT2D eigenvalue weighted by Gasteiger charge is 2.09. The molecular formula is C17H16FN3O2. The SMILES string of the molecule is COCCOc1nc(N)nc2ccc(-c3ccc(F)cc3)cc12. The molecule has 0 fully saturated rings. The summed E-state index contributed by atoms with van der Waals surface area (Å²) in [6, 6.07) is 11.9. The lowest BCUT2D eigenvalue weighted by atomic mass is 10.0. The maximum atomic E-state index is 13.1. The molecule has 0 spiro atoms. The molecule has 2 N–H and O–H groups in total. The summed E-state index contributed by atoms with van der Waals surface area (Å²) in [6.07, 6.45) is 0. The van der Waals surface area contributed by atoms with Crippen molar-refractivity contribution in [3.8, 4) is 17.0 Å². The van der Waals surface area contributed by atoms with Crippen molar-refractivity contribution in [1.29, 1.82) is 0 Å². The van der Waals surface area contributed by atoms with Crippen molar-refractivity contribution in [2.45, 2.75) is 0 Å². The molecule has 6 heteroatoms. The Morgan fingerprint density at radius 3 is 2.48 bits per heavy atom. The van der Waals surface area contributed by atoms with Crippen molar-refractivity contribution in [2.75, 3.05) is 26.1 Å². The van der Waals surface area contributed by atoms with E-state index in [0.29, 0.717) is 24.6 Å². The fraction of sp³-hybridized carbons (Fsp3) is 0.176. The number of hydrogen-bond donors (Lipinski definition) is 1. The highest BCUT2D eigenvalue weighted by atomic mass is 19.1. The van der Waals surface area contributed by atoms with Gasteiger partial charge in [0.15, 0.2) is 0 Å². The Morgan fingerprint density at radius 2 is 1.74 bits per heavy atom. The molecule has 3 aromatic rings. The Bertz CT molecular complexity index is 822. The third kappa shape index (κ3) is 3.37. The summed E-state index contributed by atoms with van der Waals surface area (Å²) in [6.45, 7) is 0.811. The summed E-state index contributed by atoms with van der Waals surface area (Å²) in [7, 11) is 1.60. The van der Waals surface area contributed by atoms with Crippen LogP contribution in [0.2, 0.25) is 0 Å². The lowest BCUT2D eigenvalue weighted by Crippen LogP contribution is -2.07. The van der Waals surface area contributed by atoms with Crippen LogP contribution in [0, 0.1) is 5.82 Å². The highest BCUT2D eigenvalue weighted by Crippen LogP contribution is 2.29. The molecule has 0 unspecified atom stereocenters. The lowest BCUT2D eigenvalue weighted by Gasteiger charge is -2.10. The van der Waals surface area contributed by atoms with Crippen molar-refractivity contribution >= 4 is 16.9 Å². The van der Waals surface area contributed by atoms with Gasteiger partial charge in [-0.2, -0.15) is 4.98 Å². The van der Waals surface area contributed by atoms with Gasteiger partial charge in [-0.05, 0) is 35.4 Å². The molecule has 118 valence electrons. The van der Waals surface area contributed by atoms with Gasteiger partial charge in [-0.25, -0.2) is 9.37 Å². The monoisotopic (exact) mass is 313 g/mol. The predicted molar refractivity (Wildman–Crippen MR) is 86.7 cm³/mol. The van der Waals surface area contributed by atoms with Crippen molar-refractivity contribution in [3.05, 3.63) is 48.3 Å². The number of halogens is 1. The topological polar surface area (TPSA) is 70.3 Å². The van der Waals surface area contributed by atoms with Crippen LogP contribution in [0.25, 0.3) is 22.0 Å². The smallest absolute Gasteiger partial charge is 0.226 e. The van der Waals surface area contributed by atoms with Crippen LogP contribution in [0.3, 0.4) is 0 Å². The molecule has 0 saturated carbocycles. The van der Waals surface area contributed by atoms with Crippen LogP contribution >= 0.6 is 0 Å².